The van der Waals surface area contributed by atoms with E-state index in [0.717, 1.165) is 4.90 Å². The topological polar surface area (TPSA) is 95.5 Å². The van der Waals surface area contributed by atoms with Crippen LogP contribution in [0.1, 0.15) is 13.8 Å². The van der Waals surface area contributed by atoms with Gasteiger partial charge in [-0.2, -0.15) is 0 Å². The maximum atomic E-state index is 11.0. The summed E-state index contributed by atoms with van der Waals surface area (Å²) < 4.78 is 0. The lowest BCUT2D eigenvalue weighted by molar-refractivity contribution is -0.140. The van der Waals surface area contributed by atoms with Crippen molar-refractivity contribution in [2.24, 2.45) is 0 Å². The van der Waals surface area contributed by atoms with Gasteiger partial charge in [-0.1, -0.05) is 0 Å². The van der Waals surface area contributed by atoms with Crippen molar-refractivity contribution in [1.82, 2.24) is 5.32 Å². The van der Waals surface area contributed by atoms with Crippen LogP contribution < -0.4 is 10.6 Å². The second-order valence-corrected chi connectivity index (χ2v) is 5.20. The Balaban J connectivity index is 2.57. The molecule has 0 aromatic heterocycles. The van der Waals surface area contributed by atoms with E-state index >= 15 is 0 Å². The zero-order valence-corrected chi connectivity index (χ0v) is 12.0. The quantitative estimate of drug-likeness (QED) is 0.688. The van der Waals surface area contributed by atoms with Gasteiger partial charge in [-0.25, -0.2) is 4.79 Å². The fraction of sp³-hybridized carbons (Fsp3) is 0.308. The van der Waals surface area contributed by atoms with E-state index in [1.807, 2.05) is 0 Å². The molecule has 0 heterocycles. The van der Waals surface area contributed by atoms with E-state index in [1.165, 1.54) is 25.6 Å². The van der Waals surface area contributed by atoms with Gasteiger partial charge >= 0.3 is 5.97 Å². The van der Waals surface area contributed by atoms with Crippen LogP contribution in [0.4, 0.5) is 5.69 Å². The van der Waals surface area contributed by atoms with Gasteiger partial charge < -0.3 is 15.7 Å². The van der Waals surface area contributed by atoms with Gasteiger partial charge in [0.2, 0.25) is 11.8 Å². The van der Waals surface area contributed by atoms with E-state index in [1.54, 1.807) is 24.3 Å². The molecule has 1 aromatic rings. The van der Waals surface area contributed by atoms with Crippen molar-refractivity contribution >= 4 is 35.2 Å². The number of nitrogens with one attached hydrogen (secondary N) is 2. The molecule has 0 aliphatic rings. The first-order chi connectivity index (χ1) is 9.38. The van der Waals surface area contributed by atoms with Crippen LogP contribution in [-0.4, -0.2) is 34.7 Å². The highest BCUT2D eigenvalue weighted by Gasteiger charge is 2.18. The van der Waals surface area contributed by atoms with Crippen LogP contribution in [0, 0.1) is 0 Å². The molecule has 0 bridgehead atoms. The number of hydrogen-bond acceptors (Lipinski definition) is 4. The number of aliphatic carboxylic acids is 1. The Bertz CT molecular complexity index is 502. The molecule has 0 aliphatic heterocycles. The van der Waals surface area contributed by atoms with Crippen LogP contribution in [-0.2, 0) is 14.4 Å². The van der Waals surface area contributed by atoms with Gasteiger partial charge in [0.15, 0.2) is 0 Å². The molecule has 1 atom stereocenters. The Kier molecular flexibility index (Phi) is 6.05. The number of thioether (sulfide) groups is 1. The van der Waals surface area contributed by atoms with E-state index < -0.39 is 12.0 Å². The minimum Gasteiger partial charge on any atom is -0.480 e. The van der Waals surface area contributed by atoms with Crippen molar-refractivity contribution < 1.29 is 19.5 Å². The fourth-order valence-electron chi connectivity index (χ4n) is 1.44. The summed E-state index contributed by atoms with van der Waals surface area (Å²) >= 11 is 1.32. The molecule has 0 spiro atoms. The number of amides is 2. The average Bonchev–Trinajstić information content (AvgIpc) is 2.34. The Morgan fingerprint density at radius 3 is 2.20 bits per heavy atom. The van der Waals surface area contributed by atoms with Gasteiger partial charge in [0, 0.05) is 30.2 Å². The maximum Gasteiger partial charge on any atom is 0.327 e. The molecule has 20 heavy (non-hydrogen) atoms. The molecule has 6 nitrogen and oxygen atoms in total. The average molecular weight is 296 g/mol. The first-order valence-electron chi connectivity index (χ1n) is 5.89. The summed E-state index contributed by atoms with van der Waals surface area (Å²) in [6, 6.07) is 6.11. The maximum absolute atomic E-state index is 11.0. The molecule has 1 aromatic carbocycles. The van der Waals surface area contributed by atoms with Gasteiger partial charge in [-0.15, -0.1) is 11.8 Å². The van der Waals surface area contributed by atoms with E-state index in [9.17, 15) is 14.4 Å². The van der Waals surface area contributed by atoms with Crippen molar-refractivity contribution in [3.63, 3.8) is 0 Å². The number of benzene rings is 1. The highest BCUT2D eigenvalue weighted by atomic mass is 32.2. The lowest BCUT2D eigenvalue weighted by Gasteiger charge is -2.12. The zero-order valence-electron chi connectivity index (χ0n) is 11.2. The molecule has 1 rings (SSSR count). The Morgan fingerprint density at radius 2 is 1.75 bits per heavy atom. The third kappa shape index (κ3) is 5.75. The van der Waals surface area contributed by atoms with E-state index in [-0.39, 0.29) is 17.6 Å². The van der Waals surface area contributed by atoms with Gasteiger partial charge in [0.1, 0.15) is 6.04 Å². The number of carboxylic acid groups (broad SMARTS) is 1. The van der Waals surface area contributed by atoms with Crippen LogP contribution in [0.2, 0.25) is 0 Å². The molecule has 108 valence electrons. The Labute approximate surface area is 120 Å². The van der Waals surface area contributed by atoms with Crippen LogP contribution in [0.5, 0.6) is 0 Å². The number of anilines is 1. The molecule has 0 fully saturated rings. The Hall–Kier alpha value is -2.02. The first-order valence-corrected chi connectivity index (χ1v) is 6.87. The normalized spacial score (nSPS) is 11.5. The third-order valence-corrected chi connectivity index (χ3v) is 3.37. The predicted molar refractivity (Wildman–Crippen MR) is 76.7 cm³/mol. The number of hydrogen-bond donors (Lipinski definition) is 3. The minimum atomic E-state index is -1.07. The molecule has 0 unspecified atom stereocenters. The Morgan fingerprint density at radius 1 is 1.15 bits per heavy atom. The van der Waals surface area contributed by atoms with Gasteiger partial charge in [0.05, 0.1) is 0 Å². The summed E-state index contributed by atoms with van der Waals surface area (Å²) in [5.74, 6) is -1.36. The van der Waals surface area contributed by atoms with Crippen LogP contribution >= 0.6 is 11.8 Å². The van der Waals surface area contributed by atoms with Crippen LogP contribution in [0.15, 0.2) is 29.2 Å². The highest BCUT2D eigenvalue weighted by Crippen LogP contribution is 2.21. The second-order valence-electron chi connectivity index (χ2n) is 4.11. The second kappa shape index (κ2) is 7.54. The van der Waals surface area contributed by atoms with Crippen molar-refractivity contribution in [1.29, 1.82) is 0 Å². The minimum absolute atomic E-state index is 0.151. The molecule has 0 saturated carbocycles. The molecule has 7 heteroatoms. The van der Waals surface area contributed by atoms with Gasteiger partial charge in [-0.3, -0.25) is 9.59 Å². The molecular weight excluding hydrogens is 280 g/mol. The first kappa shape index (κ1) is 16.0. The molecule has 0 aliphatic carbocycles. The summed E-state index contributed by atoms with van der Waals surface area (Å²) in [6.45, 7) is 2.70. The number of carbonyl (C=O) groups excluding carboxylic acids is 2. The summed E-state index contributed by atoms with van der Waals surface area (Å²) in [6.07, 6.45) is 0. The summed E-state index contributed by atoms with van der Waals surface area (Å²) in [4.78, 5) is 33.6. The standard InChI is InChI=1S/C13H16N2O4S/c1-8(16)14-10-3-5-11(6-4-10)20-7-12(13(18)19)15-9(2)17/h3-6,12H,7H2,1-2H3,(H,14,16)(H,15,17)(H,18,19)/t12-/m0/s1. The highest BCUT2D eigenvalue weighted by molar-refractivity contribution is 7.99. The summed E-state index contributed by atoms with van der Waals surface area (Å²) in [7, 11) is 0. The summed E-state index contributed by atoms with van der Waals surface area (Å²) in [5, 5.41) is 14.0. The molecule has 0 radical (unpaired) electrons. The number of carbonyl (C=O) groups is 3. The van der Waals surface area contributed by atoms with Crippen molar-refractivity contribution in [2.45, 2.75) is 24.8 Å². The van der Waals surface area contributed by atoms with E-state index in [2.05, 4.69) is 10.6 Å². The fourth-order valence-corrected chi connectivity index (χ4v) is 2.35. The van der Waals surface area contributed by atoms with Crippen molar-refractivity contribution in [3.05, 3.63) is 24.3 Å². The van der Waals surface area contributed by atoms with Crippen LogP contribution in [0.3, 0.4) is 0 Å². The number of carboxylic acids is 1. The smallest absolute Gasteiger partial charge is 0.327 e. The van der Waals surface area contributed by atoms with Crippen LogP contribution in [0.25, 0.3) is 0 Å². The number of rotatable bonds is 6. The lowest BCUT2D eigenvalue weighted by Crippen LogP contribution is -2.41. The SMILES string of the molecule is CC(=O)Nc1ccc(SC[C@H](NC(C)=O)C(=O)O)cc1. The molecule has 3 N–H and O–H groups in total. The van der Waals surface area contributed by atoms with E-state index in [4.69, 9.17) is 5.11 Å². The molecule has 0 saturated heterocycles. The monoisotopic (exact) mass is 296 g/mol. The van der Waals surface area contributed by atoms with Gasteiger partial charge in [-0.05, 0) is 24.3 Å². The van der Waals surface area contributed by atoms with Crippen molar-refractivity contribution in [2.75, 3.05) is 11.1 Å². The zero-order chi connectivity index (χ0) is 15.1. The lowest BCUT2D eigenvalue weighted by atomic mass is 10.3. The summed E-state index contributed by atoms with van der Waals surface area (Å²) in [5.41, 5.74) is 0.679. The molecular formula is C13H16N2O4S. The predicted octanol–water partition coefficient (Wildman–Crippen LogP) is 1.33. The third-order valence-electron chi connectivity index (χ3n) is 2.27. The van der Waals surface area contributed by atoms with E-state index in [0.29, 0.717) is 5.69 Å². The van der Waals surface area contributed by atoms with Gasteiger partial charge in [0.25, 0.3) is 0 Å². The largest absolute Gasteiger partial charge is 0.480 e. The molecule has 2 amide bonds. The van der Waals surface area contributed by atoms with Crippen molar-refractivity contribution in [3.8, 4) is 0 Å².